The van der Waals surface area contributed by atoms with Crippen molar-refractivity contribution in [2.75, 3.05) is 26.9 Å². The highest BCUT2D eigenvalue weighted by atomic mass is 16.6. The molecule has 294 valence electrons. The number of ether oxygens (including phenoxy) is 3. The van der Waals surface area contributed by atoms with Crippen LogP contribution >= 0.6 is 0 Å². The highest BCUT2D eigenvalue weighted by molar-refractivity contribution is 5.98. The molecule has 1 aromatic heterocycles. The summed E-state index contributed by atoms with van der Waals surface area (Å²) >= 11 is 0. The molecule has 4 heterocycles. The van der Waals surface area contributed by atoms with Crippen molar-refractivity contribution in [2.24, 2.45) is 17.8 Å². The number of allylic oxidation sites excluding steroid dienone is 1. The first-order valence-corrected chi connectivity index (χ1v) is 19.1. The van der Waals surface area contributed by atoms with E-state index < -0.39 is 65.6 Å². The van der Waals surface area contributed by atoms with Crippen LogP contribution in [0.1, 0.15) is 57.6 Å². The smallest absolute Gasteiger partial charge is 0.313 e. The van der Waals surface area contributed by atoms with E-state index in [1.807, 2.05) is 56.3 Å². The summed E-state index contributed by atoms with van der Waals surface area (Å²) in [6.45, 7) is 11.3. The number of methoxy groups -OCH3 is 1. The zero-order valence-corrected chi connectivity index (χ0v) is 31.8. The summed E-state index contributed by atoms with van der Waals surface area (Å²) in [5.41, 5.74) is 0.662. The number of para-hydroxylation sites is 1. The van der Waals surface area contributed by atoms with Crippen LogP contribution in [0.5, 0.6) is 0 Å². The van der Waals surface area contributed by atoms with Crippen molar-refractivity contribution in [2.45, 2.75) is 88.6 Å². The van der Waals surface area contributed by atoms with Crippen LogP contribution in [0.15, 0.2) is 79.9 Å². The predicted molar refractivity (Wildman–Crippen MR) is 203 cm³/mol. The van der Waals surface area contributed by atoms with Gasteiger partial charge in [0.15, 0.2) is 0 Å². The van der Waals surface area contributed by atoms with Gasteiger partial charge in [0.1, 0.15) is 29.9 Å². The van der Waals surface area contributed by atoms with Gasteiger partial charge in [-0.2, -0.15) is 0 Å². The normalized spacial score (nSPS) is 24.9. The summed E-state index contributed by atoms with van der Waals surface area (Å²) in [7, 11) is 1.50. The van der Waals surface area contributed by atoms with Gasteiger partial charge in [-0.3, -0.25) is 19.2 Å². The Balaban J connectivity index is 1.36. The minimum absolute atomic E-state index is 0.0187. The first-order valence-electron chi connectivity index (χ1n) is 19.1. The van der Waals surface area contributed by atoms with Crippen molar-refractivity contribution < 1.29 is 38.5 Å². The molecule has 14 heteroatoms. The summed E-state index contributed by atoms with van der Waals surface area (Å²) in [6.07, 6.45) is 3.66. The number of carbonyl (C=O) groups is 4. The molecule has 3 fully saturated rings. The number of esters is 1. The summed E-state index contributed by atoms with van der Waals surface area (Å²) < 4.78 is 20.2. The number of nitrogens with one attached hydrogen (secondary N) is 1. The minimum atomic E-state index is -1.36. The number of fused-ring (bicyclic) bond motifs is 2. The Morgan fingerprint density at radius 3 is 2.58 bits per heavy atom. The van der Waals surface area contributed by atoms with E-state index in [4.69, 9.17) is 14.2 Å². The maximum absolute atomic E-state index is 15.1. The van der Waals surface area contributed by atoms with Gasteiger partial charge < -0.3 is 34.4 Å². The number of likely N-dealkylation sites (tertiary alicyclic amines) is 1. The van der Waals surface area contributed by atoms with Gasteiger partial charge in [0.05, 0.1) is 48.8 Å². The lowest BCUT2D eigenvalue weighted by Gasteiger charge is -2.40. The third-order valence-electron chi connectivity index (χ3n) is 11.5. The van der Waals surface area contributed by atoms with Crippen molar-refractivity contribution in [3.63, 3.8) is 0 Å². The molecule has 0 unspecified atom stereocenters. The lowest BCUT2D eigenvalue weighted by Crippen LogP contribution is -2.60. The molecule has 3 aliphatic rings. The predicted octanol–water partition coefficient (Wildman–Crippen LogP) is 3.57. The van der Waals surface area contributed by atoms with Gasteiger partial charge in [-0.05, 0) is 42.9 Å². The van der Waals surface area contributed by atoms with Crippen molar-refractivity contribution in [1.29, 1.82) is 0 Å². The van der Waals surface area contributed by atoms with E-state index in [0.29, 0.717) is 36.8 Å². The van der Waals surface area contributed by atoms with Crippen molar-refractivity contribution in [3.8, 4) is 0 Å². The summed E-state index contributed by atoms with van der Waals surface area (Å²) in [5, 5.41) is 22.3. The number of hydrogen-bond donors (Lipinski definition) is 2. The second-order valence-electron chi connectivity index (χ2n) is 14.7. The molecule has 2 N–H and O–H groups in total. The van der Waals surface area contributed by atoms with Crippen LogP contribution in [0.3, 0.4) is 0 Å². The third-order valence-corrected chi connectivity index (χ3v) is 11.5. The Morgan fingerprint density at radius 2 is 1.89 bits per heavy atom. The molecule has 0 saturated carbocycles. The average Bonchev–Trinajstić information content (AvgIpc) is 3.95. The molecule has 9 atom stereocenters. The van der Waals surface area contributed by atoms with Gasteiger partial charge in [0.25, 0.3) is 0 Å². The molecule has 2 bridgehead atoms. The fourth-order valence-corrected chi connectivity index (χ4v) is 8.66. The Bertz CT molecular complexity index is 1870. The van der Waals surface area contributed by atoms with E-state index >= 15 is 4.79 Å². The summed E-state index contributed by atoms with van der Waals surface area (Å²) in [6, 6.07) is 13.8. The van der Waals surface area contributed by atoms with Gasteiger partial charge >= 0.3 is 5.97 Å². The van der Waals surface area contributed by atoms with Crippen LogP contribution in [0.2, 0.25) is 0 Å². The molecule has 0 aliphatic carbocycles. The van der Waals surface area contributed by atoms with Gasteiger partial charge in [-0.1, -0.05) is 80.1 Å². The SMILES string of the molecule is C=CCCC(=O)N[C@@H](COC)[C@@H](OC(=O)[C@@H]1[C@@H]2CC[C@]3(O2)[C@H](C(=O)N(CC=C)Cn2nnc4ccccc42)N([C@@H](CO)[C@@H](C)CC)C(=O)[C@@H]13)c1ccccc1. The molecular formula is C41H52N6O8. The highest BCUT2D eigenvalue weighted by Crippen LogP contribution is 2.59. The first-order chi connectivity index (χ1) is 26.6. The first kappa shape index (κ1) is 39.8. The van der Waals surface area contributed by atoms with Crippen molar-refractivity contribution in [3.05, 3.63) is 85.5 Å². The molecular weight excluding hydrogens is 704 g/mol. The molecule has 3 amide bonds. The monoisotopic (exact) mass is 756 g/mol. The number of nitrogens with zero attached hydrogens (tertiary/aromatic N) is 5. The Kier molecular flexibility index (Phi) is 12.5. The Hall–Kier alpha value is -4.92. The van der Waals surface area contributed by atoms with Gasteiger partial charge in [0.2, 0.25) is 17.7 Å². The van der Waals surface area contributed by atoms with E-state index in [-0.39, 0.29) is 44.7 Å². The van der Waals surface area contributed by atoms with Crippen LogP contribution in [0.4, 0.5) is 0 Å². The van der Waals surface area contributed by atoms with Crippen LogP contribution in [-0.4, -0.2) is 110 Å². The summed E-state index contributed by atoms with van der Waals surface area (Å²) in [5.74, 6) is -4.05. The highest BCUT2D eigenvalue weighted by Gasteiger charge is 2.76. The quantitative estimate of drug-likeness (QED) is 0.137. The van der Waals surface area contributed by atoms with E-state index in [9.17, 15) is 19.5 Å². The van der Waals surface area contributed by atoms with E-state index in [1.54, 1.807) is 33.9 Å². The van der Waals surface area contributed by atoms with E-state index in [1.165, 1.54) is 12.0 Å². The topological polar surface area (TPSA) is 165 Å². The molecule has 6 rings (SSSR count). The number of aromatic nitrogens is 3. The number of rotatable bonds is 19. The largest absolute Gasteiger partial charge is 0.455 e. The fraction of sp³-hybridized carbons (Fsp3) is 0.512. The lowest BCUT2D eigenvalue weighted by molar-refractivity contribution is -0.164. The number of amides is 3. The van der Waals surface area contributed by atoms with Crippen molar-refractivity contribution in [1.82, 2.24) is 30.1 Å². The minimum Gasteiger partial charge on any atom is -0.455 e. The molecule has 1 spiro atoms. The second-order valence-corrected chi connectivity index (χ2v) is 14.7. The third kappa shape index (κ3) is 7.54. The van der Waals surface area contributed by atoms with E-state index in [0.717, 1.165) is 5.52 Å². The molecule has 0 radical (unpaired) electrons. The maximum atomic E-state index is 15.1. The van der Waals surface area contributed by atoms with Gasteiger partial charge in [-0.25, -0.2) is 4.68 Å². The standard InChI is InChI=1S/C41H52N6O8/c1-6-9-19-33(49)42-29(24-53-5)36(27-15-11-10-12-16-27)54-40(52)34-32-20-21-41(55-32)35(34)38(50)47(31(23-48)26(4)8-3)37(41)39(51)45(22-7-2)25-46-30-18-14-13-17-28(30)43-44-46/h6-7,10-18,26,29,31-32,34-37,48H,1-2,8-9,19-25H2,3-5H3,(H,42,49)/t26-,29-,31-,32-,34+,35+,36-,37-,41+/m0/s1. The number of hydrogen-bond acceptors (Lipinski definition) is 10. The second kappa shape index (κ2) is 17.3. The summed E-state index contributed by atoms with van der Waals surface area (Å²) in [4.78, 5) is 60.6. The van der Waals surface area contributed by atoms with Crippen LogP contribution in [-0.2, 0) is 40.1 Å². The number of carbonyl (C=O) groups excluding carboxylic acids is 4. The zero-order chi connectivity index (χ0) is 39.3. The van der Waals surface area contributed by atoms with E-state index in [2.05, 4.69) is 28.8 Å². The average molecular weight is 757 g/mol. The molecule has 3 aromatic rings. The maximum Gasteiger partial charge on any atom is 0.313 e. The van der Waals surface area contributed by atoms with Crippen molar-refractivity contribution >= 4 is 34.7 Å². The molecule has 2 aromatic carbocycles. The Morgan fingerprint density at radius 1 is 1.15 bits per heavy atom. The molecule has 3 aliphatic heterocycles. The van der Waals surface area contributed by atoms with Crippen LogP contribution in [0, 0.1) is 17.8 Å². The molecule has 55 heavy (non-hydrogen) atoms. The number of aliphatic hydroxyl groups is 1. The lowest BCUT2D eigenvalue weighted by atomic mass is 9.70. The van der Waals surface area contributed by atoms with Gasteiger partial charge in [-0.15, -0.1) is 18.3 Å². The molecule has 14 nitrogen and oxygen atoms in total. The number of aliphatic hydroxyl groups excluding tert-OH is 1. The molecule has 3 saturated heterocycles. The van der Waals surface area contributed by atoms with Gasteiger partial charge in [0, 0.05) is 20.1 Å². The number of benzene rings is 2. The zero-order valence-electron chi connectivity index (χ0n) is 31.8. The van der Waals surface area contributed by atoms with Crippen LogP contribution in [0.25, 0.3) is 11.0 Å². The fourth-order valence-electron chi connectivity index (χ4n) is 8.66. The van der Waals surface area contributed by atoms with Crippen LogP contribution < -0.4 is 5.32 Å². The Labute approximate surface area is 321 Å².